The molecule has 0 saturated carbocycles. The molecule has 0 saturated heterocycles. The van der Waals surface area contributed by atoms with Crippen LogP contribution in [0.3, 0.4) is 0 Å². The Morgan fingerprint density at radius 2 is 1.55 bits per heavy atom. The number of nitrogens with zero attached hydrogens (tertiary/aromatic N) is 2. The summed E-state index contributed by atoms with van der Waals surface area (Å²) in [7, 11) is -3.91. The number of amides is 1. The molecule has 194 valence electrons. The van der Waals surface area contributed by atoms with Crippen LogP contribution in [0.1, 0.15) is 22.3 Å². The molecule has 8 heteroatoms. The monoisotopic (exact) mass is 527 g/mol. The van der Waals surface area contributed by atoms with Gasteiger partial charge in [0, 0.05) is 6.54 Å². The second kappa shape index (κ2) is 12.8. The zero-order valence-corrected chi connectivity index (χ0v) is 21.8. The van der Waals surface area contributed by atoms with E-state index >= 15 is 0 Å². The van der Waals surface area contributed by atoms with E-state index in [1.165, 1.54) is 18.3 Å². The van der Waals surface area contributed by atoms with Crippen LogP contribution in [-0.4, -0.2) is 31.4 Å². The summed E-state index contributed by atoms with van der Waals surface area (Å²) in [6.07, 6.45) is 1.49. The first kappa shape index (κ1) is 26.8. The summed E-state index contributed by atoms with van der Waals surface area (Å²) >= 11 is 0. The van der Waals surface area contributed by atoms with Crippen molar-refractivity contribution in [1.29, 1.82) is 0 Å². The maximum atomic E-state index is 13.3. The Bertz CT molecular complexity index is 1470. The number of carbonyl (C=O) groups excluding carboxylic acids is 1. The van der Waals surface area contributed by atoms with Gasteiger partial charge in [0.25, 0.3) is 5.91 Å². The summed E-state index contributed by atoms with van der Waals surface area (Å²) in [5.41, 5.74) is 6.06. The number of sulfonamides is 1. The average Bonchev–Trinajstić information content (AvgIpc) is 2.94. The Hall–Kier alpha value is -4.27. The standard InChI is InChI=1S/C30H29N3O4S/c1-24-15-17-25(18-16-24)21-33(38(35,36)29-13-6-3-7-14-29)22-30(34)32-31-20-27-11-8-12-28(19-27)37-23-26-9-4-2-5-10-26/h2-20H,21-23H2,1H3,(H,32,34). The molecule has 0 bridgehead atoms. The molecule has 1 N–H and O–H groups in total. The summed E-state index contributed by atoms with van der Waals surface area (Å²) < 4.78 is 33.6. The van der Waals surface area contributed by atoms with Crippen LogP contribution in [0.4, 0.5) is 0 Å². The van der Waals surface area contributed by atoms with Crippen molar-refractivity contribution in [2.45, 2.75) is 25.0 Å². The molecular formula is C30H29N3O4S. The van der Waals surface area contributed by atoms with Gasteiger partial charge in [-0.25, -0.2) is 13.8 Å². The second-order valence-corrected chi connectivity index (χ2v) is 10.6. The lowest BCUT2D eigenvalue weighted by Crippen LogP contribution is -2.39. The van der Waals surface area contributed by atoms with Crippen molar-refractivity contribution in [3.8, 4) is 5.75 Å². The third kappa shape index (κ3) is 7.61. The van der Waals surface area contributed by atoms with E-state index in [9.17, 15) is 13.2 Å². The fourth-order valence-electron chi connectivity index (χ4n) is 3.66. The van der Waals surface area contributed by atoms with Crippen molar-refractivity contribution in [3.05, 3.63) is 131 Å². The van der Waals surface area contributed by atoms with E-state index in [1.807, 2.05) is 85.8 Å². The smallest absolute Gasteiger partial charge is 0.255 e. The van der Waals surface area contributed by atoms with Crippen LogP contribution in [0.2, 0.25) is 0 Å². The molecule has 0 atom stereocenters. The highest BCUT2D eigenvalue weighted by Crippen LogP contribution is 2.19. The first-order chi connectivity index (χ1) is 18.4. The van der Waals surface area contributed by atoms with Gasteiger partial charge < -0.3 is 4.74 Å². The quantitative estimate of drug-likeness (QED) is 0.222. The molecule has 0 aromatic heterocycles. The molecule has 0 fully saturated rings. The Morgan fingerprint density at radius 3 is 2.26 bits per heavy atom. The molecule has 0 aliphatic rings. The molecule has 4 aromatic rings. The lowest BCUT2D eigenvalue weighted by molar-refractivity contribution is -0.121. The number of benzene rings is 4. The molecule has 4 aromatic carbocycles. The normalized spacial score (nSPS) is 11.5. The SMILES string of the molecule is Cc1ccc(CN(CC(=O)NN=Cc2cccc(OCc3ccccc3)c2)S(=O)(=O)c2ccccc2)cc1. The van der Waals surface area contributed by atoms with Crippen LogP contribution in [0.25, 0.3) is 0 Å². The van der Waals surface area contributed by atoms with Crippen molar-refractivity contribution in [1.82, 2.24) is 9.73 Å². The third-order valence-electron chi connectivity index (χ3n) is 5.69. The Morgan fingerprint density at radius 1 is 0.868 bits per heavy atom. The minimum absolute atomic E-state index is 0.0510. The Labute approximate surface area is 223 Å². The summed E-state index contributed by atoms with van der Waals surface area (Å²) in [5.74, 6) is 0.117. The molecule has 0 aliphatic carbocycles. The maximum Gasteiger partial charge on any atom is 0.255 e. The van der Waals surface area contributed by atoms with Crippen LogP contribution in [0.15, 0.2) is 119 Å². The Kier molecular flexibility index (Phi) is 9.02. The minimum atomic E-state index is -3.91. The largest absolute Gasteiger partial charge is 0.489 e. The first-order valence-corrected chi connectivity index (χ1v) is 13.5. The molecule has 0 radical (unpaired) electrons. The number of hydrogen-bond acceptors (Lipinski definition) is 5. The van der Waals surface area contributed by atoms with Gasteiger partial charge in [-0.2, -0.15) is 9.41 Å². The van der Waals surface area contributed by atoms with Crippen LogP contribution in [0.5, 0.6) is 5.75 Å². The topological polar surface area (TPSA) is 88.1 Å². The molecule has 1 amide bonds. The lowest BCUT2D eigenvalue weighted by atomic mass is 10.1. The van der Waals surface area contributed by atoms with Gasteiger partial charge in [0.1, 0.15) is 12.4 Å². The number of hydrogen-bond donors (Lipinski definition) is 1. The van der Waals surface area contributed by atoms with Gasteiger partial charge in [0.05, 0.1) is 17.7 Å². The molecule has 38 heavy (non-hydrogen) atoms. The summed E-state index contributed by atoms with van der Waals surface area (Å²) in [6, 6.07) is 32.7. The number of carbonyl (C=O) groups is 1. The van der Waals surface area contributed by atoms with Gasteiger partial charge in [-0.1, -0.05) is 90.5 Å². The second-order valence-electron chi connectivity index (χ2n) is 8.71. The van der Waals surface area contributed by atoms with Crippen LogP contribution in [-0.2, 0) is 28.0 Å². The average molecular weight is 528 g/mol. The van der Waals surface area contributed by atoms with Crippen molar-refractivity contribution < 1.29 is 17.9 Å². The van der Waals surface area contributed by atoms with Gasteiger partial charge in [-0.3, -0.25) is 4.79 Å². The van der Waals surface area contributed by atoms with Crippen LogP contribution >= 0.6 is 0 Å². The van der Waals surface area contributed by atoms with Gasteiger partial charge in [0.15, 0.2) is 0 Å². The predicted molar refractivity (Wildman–Crippen MR) is 148 cm³/mol. The fourth-order valence-corrected chi connectivity index (χ4v) is 5.07. The summed E-state index contributed by atoms with van der Waals surface area (Å²) in [5, 5.41) is 4.03. The summed E-state index contributed by atoms with van der Waals surface area (Å²) in [6.45, 7) is 2.06. The number of hydrazone groups is 1. The van der Waals surface area contributed by atoms with E-state index in [4.69, 9.17) is 4.74 Å². The van der Waals surface area contributed by atoms with E-state index in [-0.39, 0.29) is 18.0 Å². The zero-order chi connectivity index (χ0) is 26.8. The highest BCUT2D eigenvalue weighted by Gasteiger charge is 2.26. The zero-order valence-electron chi connectivity index (χ0n) is 21.0. The highest BCUT2D eigenvalue weighted by molar-refractivity contribution is 7.89. The van der Waals surface area contributed by atoms with E-state index < -0.39 is 15.9 Å². The highest BCUT2D eigenvalue weighted by atomic mass is 32.2. The van der Waals surface area contributed by atoms with Crippen LogP contribution in [0, 0.1) is 6.92 Å². The molecule has 7 nitrogen and oxygen atoms in total. The lowest BCUT2D eigenvalue weighted by Gasteiger charge is -2.21. The molecule has 0 unspecified atom stereocenters. The molecular weight excluding hydrogens is 498 g/mol. The third-order valence-corrected chi connectivity index (χ3v) is 7.50. The molecule has 0 aliphatic heterocycles. The first-order valence-electron chi connectivity index (χ1n) is 12.1. The number of ether oxygens (including phenoxy) is 1. The van der Waals surface area contributed by atoms with Crippen molar-refractivity contribution in [2.24, 2.45) is 5.10 Å². The van der Waals surface area contributed by atoms with Crippen molar-refractivity contribution >= 4 is 22.1 Å². The maximum absolute atomic E-state index is 13.3. The number of rotatable bonds is 11. The molecule has 0 spiro atoms. The van der Waals surface area contributed by atoms with E-state index in [0.717, 1.165) is 26.6 Å². The Balaban J connectivity index is 1.41. The minimum Gasteiger partial charge on any atom is -0.489 e. The van der Waals surface area contributed by atoms with Crippen LogP contribution < -0.4 is 10.2 Å². The molecule has 0 heterocycles. The van der Waals surface area contributed by atoms with E-state index in [2.05, 4.69) is 10.5 Å². The number of nitrogens with one attached hydrogen (secondary N) is 1. The van der Waals surface area contributed by atoms with Crippen molar-refractivity contribution in [2.75, 3.05) is 6.54 Å². The van der Waals surface area contributed by atoms with Crippen molar-refractivity contribution in [3.63, 3.8) is 0 Å². The van der Waals surface area contributed by atoms with Gasteiger partial charge in [-0.05, 0) is 47.9 Å². The van der Waals surface area contributed by atoms with Gasteiger partial charge in [0.2, 0.25) is 10.0 Å². The van der Waals surface area contributed by atoms with Gasteiger partial charge in [-0.15, -0.1) is 0 Å². The number of aryl methyl sites for hydroxylation is 1. The van der Waals surface area contributed by atoms with E-state index in [1.54, 1.807) is 18.2 Å². The predicted octanol–water partition coefficient (Wildman–Crippen LogP) is 4.92. The fraction of sp³-hybridized carbons (Fsp3) is 0.133. The summed E-state index contributed by atoms with van der Waals surface area (Å²) in [4.78, 5) is 12.9. The molecule has 4 rings (SSSR count). The van der Waals surface area contributed by atoms with Gasteiger partial charge >= 0.3 is 0 Å². The van der Waals surface area contributed by atoms with E-state index in [0.29, 0.717) is 12.4 Å².